The predicted molar refractivity (Wildman–Crippen MR) is 67.4 cm³/mol. The Bertz CT molecular complexity index is 631. The van der Waals surface area contributed by atoms with Crippen molar-refractivity contribution in [3.63, 3.8) is 0 Å². The van der Waals surface area contributed by atoms with Gasteiger partial charge in [0.2, 0.25) is 5.82 Å². The maximum atomic E-state index is 13.7. The summed E-state index contributed by atoms with van der Waals surface area (Å²) in [5, 5.41) is 3.07. The number of hydrazine groups is 1. The van der Waals surface area contributed by atoms with E-state index in [-0.39, 0.29) is 5.56 Å². The summed E-state index contributed by atoms with van der Waals surface area (Å²) >= 11 is 4.29. The number of rotatable bonds is 3. The van der Waals surface area contributed by atoms with E-state index in [1.807, 2.05) is 0 Å². The van der Waals surface area contributed by atoms with Crippen LogP contribution < -0.4 is 11.3 Å². The van der Waals surface area contributed by atoms with Crippen LogP contribution in [0.4, 0.5) is 22.0 Å². The minimum Gasteiger partial charge on any atom is -0.271 e. The lowest BCUT2D eigenvalue weighted by molar-refractivity contribution is 0.362. The van der Waals surface area contributed by atoms with Gasteiger partial charge >= 0.3 is 0 Å². The van der Waals surface area contributed by atoms with E-state index in [4.69, 9.17) is 5.84 Å². The van der Waals surface area contributed by atoms with Crippen LogP contribution >= 0.6 is 27.3 Å². The number of hydrogen-bond donors (Lipinski definition) is 2. The van der Waals surface area contributed by atoms with Crippen LogP contribution in [0.3, 0.4) is 0 Å². The summed E-state index contributed by atoms with van der Waals surface area (Å²) in [6.07, 6.45) is 0. The first-order chi connectivity index (χ1) is 9.40. The fraction of sp³-hybridized carbons (Fsp3) is 0.0909. The van der Waals surface area contributed by atoms with Crippen molar-refractivity contribution in [2.45, 2.75) is 6.04 Å². The fourth-order valence-electron chi connectivity index (χ4n) is 1.70. The van der Waals surface area contributed by atoms with E-state index in [9.17, 15) is 22.0 Å². The van der Waals surface area contributed by atoms with Gasteiger partial charge in [0.1, 0.15) is 0 Å². The lowest BCUT2D eigenvalue weighted by Crippen LogP contribution is -2.31. The minimum absolute atomic E-state index is 0.265. The quantitative estimate of drug-likeness (QED) is 0.283. The van der Waals surface area contributed by atoms with E-state index in [1.165, 1.54) is 16.7 Å². The van der Waals surface area contributed by atoms with E-state index in [0.29, 0.717) is 4.47 Å². The van der Waals surface area contributed by atoms with Gasteiger partial charge in [0.25, 0.3) is 0 Å². The molecule has 0 aliphatic heterocycles. The third-order valence-electron chi connectivity index (χ3n) is 2.65. The van der Waals surface area contributed by atoms with Crippen molar-refractivity contribution in [2.24, 2.45) is 5.84 Å². The normalized spacial score (nSPS) is 12.8. The lowest BCUT2D eigenvalue weighted by atomic mass is 10.00. The smallest absolute Gasteiger partial charge is 0.200 e. The zero-order valence-electron chi connectivity index (χ0n) is 9.49. The fourth-order valence-corrected chi connectivity index (χ4v) is 3.25. The van der Waals surface area contributed by atoms with E-state index < -0.39 is 40.7 Å². The Hall–Kier alpha value is -1.03. The second kappa shape index (κ2) is 5.76. The van der Waals surface area contributed by atoms with Crippen LogP contribution in [0.2, 0.25) is 0 Å². The molecule has 0 aliphatic rings. The molecule has 2 aromatic rings. The number of thiophene rings is 1. The standard InChI is InChI=1S/C11H6BrF5N2S/c12-4-2-20-1-3(4)11(19-18)5-6(13)8(15)10(17)9(16)7(5)14/h1-2,11,19H,18H2. The molecule has 1 aromatic heterocycles. The number of benzene rings is 1. The van der Waals surface area contributed by atoms with Crippen molar-refractivity contribution in [2.75, 3.05) is 0 Å². The highest BCUT2D eigenvalue weighted by molar-refractivity contribution is 9.10. The van der Waals surface area contributed by atoms with Crippen LogP contribution in [0.5, 0.6) is 0 Å². The van der Waals surface area contributed by atoms with E-state index in [0.717, 1.165) is 0 Å². The summed E-state index contributed by atoms with van der Waals surface area (Å²) in [4.78, 5) is 0. The van der Waals surface area contributed by atoms with Gasteiger partial charge in [0.15, 0.2) is 23.3 Å². The van der Waals surface area contributed by atoms with Gasteiger partial charge in [-0.3, -0.25) is 5.84 Å². The SMILES string of the molecule is NNC(c1cscc1Br)c1c(F)c(F)c(F)c(F)c1F. The maximum Gasteiger partial charge on any atom is 0.200 e. The molecule has 0 aliphatic carbocycles. The summed E-state index contributed by atoms with van der Waals surface area (Å²) in [6.45, 7) is 0. The van der Waals surface area contributed by atoms with Crippen molar-refractivity contribution >= 4 is 27.3 Å². The largest absolute Gasteiger partial charge is 0.271 e. The van der Waals surface area contributed by atoms with Crippen molar-refractivity contribution in [1.29, 1.82) is 0 Å². The number of halogens is 6. The van der Waals surface area contributed by atoms with Crippen molar-refractivity contribution in [3.05, 3.63) is 55.4 Å². The molecule has 3 N–H and O–H groups in total. The first-order valence-corrected chi connectivity index (χ1v) is 6.82. The molecule has 2 nitrogen and oxygen atoms in total. The van der Waals surface area contributed by atoms with Gasteiger partial charge in [-0.2, -0.15) is 11.3 Å². The molecule has 1 unspecified atom stereocenters. The zero-order chi connectivity index (χ0) is 15.0. The Labute approximate surface area is 122 Å². The molecule has 0 radical (unpaired) electrons. The van der Waals surface area contributed by atoms with Gasteiger partial charge in [0.05, 0.1) is 11.6 Å². The molecule has 20 heavy (non-hydrogen) atoms. The highest BCUT2D eigenvalue weighted by atomic mass is 79.9. The average Bonchev–Trinajstić information content (AvgIpc) is 2.85. The summed E-state index contributed by atoms with van der Waals surface area (Å²) in [5.74, 6) is -4.85. The van der Waals surface area contributed by atoms with Gasteiger partial charge in [-0.05, 0) is 26.9 Å². The Balaban J connectivity index is 2.71. The molecule has 9 heteroatoms. The van der Waals surface area contributed by atoms with Crippen molar-refractivity contribution in [3.8, 4) is 0 Å². The van der Waals surface area contributed by atoms with Crippen LogP contribution in [-0.2, 0) is 0 Å². The van der Waals surface area contributed by atoms with Crippen LogP contribution in [0.1, 0.15) is 17.2 Å². The first-order valence-electron chi connectivity index (χ1n) is 5.09. The molecule has 0 fully saturated rings. The molecule has 0 saturated carbocycles. The molecule has 2 rings (SSSR count). The summed E-state index contributed by atoms with van der Waals surface area (Å²) in [7, 11) is 0. The molecule has 0 spiro atoms. The third kappa shape index (κ3) is 2.34. The predicted octanol–water partition coefficient (Wildman–Crippen LogP) is 3.76. The Morgan fingerprint density at radius 1 is 0.950 bits per heavy atom. The molecule has 1 atom stereocenters. The van der Waals surface area contributed by atoms with Crippen molar-refractivity contribution in [1.82, 2.24) is 5.43 Å². The first kappa shape index (κ1) is 15.4. The van der Waals surface area contributed by atoms with Crippen LogP contribution in [0.25, 0.3) is 0 Å². The number of hydrogen-bond acceptors (Lipinski definition) is 3. The maximum absolute atomic E-state index is 13.7. The van der Waals surface area contributed by atoms with Crippen molar-refractivity contribution < 1.29 is 22.0 Å². The second-order valence-electron chi connectivity index (χ2n) is 3.76. The summed E-state index contributed by atoms with van der Waals surface area (Å²) < 4.78 is 67.3. The number of nitrogens with one attached hydrogen (secondary N) is 1. The highest BCUT2D eigenvalue weighted by Gasteiger charge is 2.31. The zero-order valence-corrected chi connectivity index (χ0v) is 11.9. The molecule has 0 amide bonds. The van der Waals surface area contributed by atoms with Crippen LogP contribution in [0.15, 0.2) is 15.2 Å². The van der Waals surface area contributed by atoms with Gasteiger partial charge in [-0.25, -0.2) is 27.4 Å². The molecule has 108 valence electrons. The van der Waals surface area contributed by atoms with Gasteiger partial charge in [-0.15, -0.1) is 0 Å². The average molecular weight is 373 g/mol. The third-order valence-corrected chi connectivity index (χ3v) is 4.40. The van der Waals surface area contributed by atoms with Gasteiger partial charge in [-0.1, -0.05) is 0 Å². The Kier molecular flexibility index (Phi) is 4.43. The van der Waals surface area contributed by atoms with E-state index >= 15 is 0 Å². The molecule has 0 bridgehead atoms. The summed E-state index contributed by atoms with van der Waals surface area (Å²) in [6, 6.07) is -1.37. The number of nitrogens with two attached hydrogens (primary N) is 1. The van der Waals surface area contributed by atoms with Gasteiger partial charge in [0, 0.05) is 9.85 Å². The van der Waals surface area contributed by atoms with Crippen LogP contribution in [-0.4, -0.2) is 0 Å². The molecular weight excluding hydrogens is 367 g/mol. The Morgan fingerprint density at radius 2 is 1.45 bits per heavy atom. The minimum atomic E-state index is -2.20. The van der Waals surface area contributed by atoms with Gasteiger partial charge < -0.3 is 0 Å². The molecule has 1 aromatic carbocycles. The topological polar surface area (TPSA) is 38.0 Å². The van der Waals surface area contributed by atoms with E-state index in [1.54, 1.807) is 5.38 Å². The lowest BCUT2D eigenvalue weighted by Gasteiger charge is -2.18. The van der Waals surface area contributed by atoms with Crippen LogP contribution in [0, 0.1) is 29.1 Å². The monoisotopic (exact) mass is 372 g/mol. The Morgan fingerprint density at radius 3 is 1.85 bits per heavy atom. The van der Waals surface area contributed by atoms with E-state index in [2.05, 4.69) is 21.4 Å². The molecular formula is C11H6BrF5N2S. The second-order valence-corrected chi connectivity index (χ2v) is 5.36. The molecule has 0 saturated heterocycles. The highest BCUT2D eigenvalue weighted by Crippen LogP contribution is 2.35. The summed E-state index contributed by atoms with van der Waals surface area (Å²) in [5.41, 5.74) is 1.30. The molecule has 1 heterocycles.